The van der Waals surface area contributed by atoms with Crippen LogP contribution in [0.5, 0.6) is 0 Å². The van der Waals surface area contributed by atoms with Crippen LogP contribution in [0.1, 0.15) is 37.3 Å². The zero-order chi connectivity index (χ0) is 16.4. The van der Waals surface area contributed by atoms with Crippen molar-refractivity contribution in [2.45, 2.75) is 42.6 Å². The average Bonchev–Trinajstić information content (AvgIpc) is 3.08. The molecule has 1 atom stereocenters. The smallest absolute Gasteiger partial charge is 0.251 e. The van der Waals surface area contributed by atoms with E-state index in [-0.39, 0.29) is 17.9 Å². The quantitative estimate of drug-likeness (QED) is 0.832. The lowest BCUT2D eigenvalue weighted by molar-refractivity contribution is -0.142. The first-order valence-corrected chi connectivity index (χ1v) is 9.91. The number of hydrogen-bond donors (Lipinski definition) is 0. The Balaban J connectivity index is 1.69. The molecule has 2 fully saturated rings. The molecular formula is C16H22N2O4S. The van der Waals surface area contributed by atoms with Crippen molar-refractivity contribution in [3.63, 3.8) is 0 Å². The third kappa shape index (κ3) is 3.55. The minimum absolute atomic E-state index is 0.0744. The van der Waals surface area contributed by atoms with E-state index < -0.39 is 9.84 Å². The first-order valence-electron chi connectivity index (χ1n) is 8.02. The van der Waals surface area contributed by atoms with Gasteiger partial charge < -0.3 is 9.64 Å². The number of hydrogen-bond acceptors (Lipinski definition) is 5. The standard InChI is InChI=1S/C16H22N2O4S/c1-23(20,21)14-5-2-8-17-15(14)12-6-9-18(10-7-12)16(19)13-4-3-11-22-13/h2,5,8,12-13H,3-4,6-7,9-11H2,1H3. The van der Waals surface area contributed by atoms with Gasteiger partial charge in [0.2, 0.25) is 0 Å². The summed E-state index contributed by atoms with van der Waals surface area (Å²) in [5.41, 5.74) is 0.638. The lowest BCUT2D eigenvalue weighted by Crippen LogP contribution is -2.43. The molecule has 2 aliphatic rings. The van der Waals surface area contributed by atoms with Crippen LogP contribution in [-0.4, -0.2) is 56.3 Å². The Labute approximate surface area is 136 Å². The molecule has 126 valence electrons. The van der Waals surface area contributed by atoms with Crippen molar-refractivity contribution in [3.8, 4) is 0 Å². The summed E-state index contributed by atoms with van der Waals surface area (Å²) < 4.78 is 29.3. The molecule has 3 rings (SSSR count). The lowest BCUT2D eigenvalue weighted by atomic mass is 9.92. The van der Waals surface area contributed by atoms with Gasteiger partial charge >= 0.3 is 0 Å². The largest absolute Gasteiger partial charge is 0.368 e. The Hall–Kier alpha value is -1.47. The third-order valence-electron chi connectivity index (χ3n) is 4.60. The number of sulfone groups is 1. The highest BCUT2D eigenvalue weighted by molar-refractivity contribution is 7.90. The molecule has 0 bridgehead atoms. The molecule has 0 N–H and O–H groups in total. The highest BCUT2D eigenvalue weighted by atomic mass is 32.2. The monoisotopic (exact) mass is 338 g/mol. The summed E-state index contributed by atoms with van der Waals surface area (Å²) in [6.45, 7) is 1.92. The summed E-state index contributed by atoms with van der Waals surface area (Å²) in [6.07, 6.45) is 5.77. The molecule has 3 heterocycles. The van der Waals surface area contributed by atoms with Crippen LogP contribution < -0.4 is 0 Å². The molecule has 0 aromatic carbocycles. The van der Waals surface area contributed by atoms with Crippen LogP contribution in [0.15, 0.2) is 23.2 Å². The van der Waals surface area contributed by atoms with Gasteiger partial charge in [0.15, 0.2) is 9.84 Å². The number of pyridine rings is 1. The van der Waals surface area contributed by atoms with E-state index in [1.807, 2.05) is 4.90 Å². The van der Waals surface area contributed by atoms with Crippen molar-refractivity contribution in [1.82, 2.24) is 9.88 Å². The number of amides is 1. The van der Waals surface area contributed by atoms with Crippen molar-refractivity contribution in [2.75, 3.05) is 26.0 Å². The molecule has 2 aliphatic heterocycles. The number of aromatic nitrogens is 1. The zero-order valence-corrected chi connectivity index (χ0v) is 14.1. The summed E-state index contributed by atoms with van der Waals surface area (Å²) in [7, 11) is -3.29. The molecule has 0 radical (unpaired) electrons. The van der Waals surface area contributed by atoms with E-state index in [9.17, 15) is 13.2 Å². The van der Waals surface area contributed by atoms with Crippen molar-refractivity contribution in [2.24, 2.45) is 0 Å². The molecule has 6 nitrogen and oxygen atoms in total. The predicted molar refractivity (Wildman–Crippen MR) is 84.9 cm³/mol. The minimum Gasteiger partial charge on any atom is -0.368 e. The average molecular weight is 338 g/mol. The molecular weight excluding hydrogens is 316 g/mol. The molecule has 1 unspecified atom stereocenters. The number of carbonyl (C=O) groups is 1. The van der Waals surface area contributed by atoms with Crippen LogP contribution >= 0.6 is 0 Å². The predicted octanol–water partition coefficient (Wildman–Crippen LogP) is 1.37. The topological polar surface area (TPSA) is 76.6 Å². The summed E-state index contributed by atoms with van der Waals surface area (Å²) in [5, 5.41) is 0. The fraction of sp³-hybridized carbons (Fsp3) is 0.625. The van der Waals surface area contributed by atoms with Crippen molar-refractivity contribution in [3.05, 3.63) is 24.0 Å². The van der Waals surface area contributed by atoms with Gasteiger partial charge in [-0.05, 0) is 37.8 Å². The van der Waals surface area contributed by atoms with Gasteiger partial charge in [-0.1, -0.05) is 0 Å². The third-order valence-corrected chi connectivity index (χ3v) is 5.74. The van der Waals surface area contributed by atoms with Crippen LogP contribution in [0.3, 0.4) is 0 Å². The molecule has 23 heavy (non-hydrogen) atoms. The Kier molecular flexibility index (Phi) is 4.68. The van der Waals surface area contributed by atoms with E-state index in [0.29, 0.717) is 30.3 Å². The summed E-state index contributed by atoms with van der Waals surface area (Å²) >= 11 is 0. The van der Waals surface area contributed by atoms with Crippen LogP contribution in [0, 0.1) is 0 Å². The molecule has 1 aromatic heterocycles. The van der Waals surface area contributed by atoms with E-state index in [4.69, 9.17) is 4.74 Å². The first kappa shape index (κ1) is 16.4. The van der Waals surface area contributed by atoms with Gasteiger partial charge in [-0.25, -0.2) is 8.42 Å². The minimum atomic E-state index is -3.29. The number of ether oxygens (including phenoxy) is 1. The highest BCUT2D eigenvalue weighted by Gasteiger charge is 2.32. The molecule has 2 saturated heterocycles. The molecule has 1 aromatic rings. The number of rotatable bonds is 3. The Bertz CT molecular complexity index is 675. The lowest BCUT2D eigenvalue weighted by Gasteiger charge is -2.33. The van der Waals surface area contributed by atoms with Crippen LogP contribution in [0.25, 0.3) is 0 Å². The van der Waals surface area contributed by atoms with E-state index >= 15 is 0 Å². The number of piperidine rings is 1. The summed E-state index contributed by atoms with van der Waals surface area (Å²) in [4.78, 5) is 18.8. The Morgan fingerprint density at radius 2 is 2.04 bits per heavy atom. The second kappa shape index (κ2) is 6.57. The number of carbonyl (C=O) groups excluding carboxylic acids is 1. The van der Waals surface area contributed by atoms with Gasteiger partial charge in [-0.3, -0.25) is 9.78 Å². The van der Waals surface area contributed by atoms with Crippen LogP contribution in [0.4, 0.5) is 0 Å². The Morgan fingerprint density at radius 3 is 2.65 bits per heavy atom. The maximum atomic E-state index is 12.4. The normalized spacial score (nSPS) is 23.2. The molecule has 0 spiro atoms. The highest BCUT2D eigenvalue weighted by Crippen LogP contribution is 2.31. The van der Waals surface area contributed by atoms with Gasteiger partial charge in [-0.2, -0.15) is 0 Å². The van der Waals surface area contributed by atoms with Crippen LogP contribution in [0.2, 0.25) is 0 Å². The first-order chi connectivity index (χ1) is 11.0. The van der Waals surface area contributed by atoms with E-state index in [1.54, 1.807) is 18.3 Å². The maximum absolute atomic E-state index is 12.4. The number of likely N-dealkylation sites (tertiary alicyclic amines) is 1. The fourth-order valence-corrected chi connectivity index (χ4v) is 4.30. The van der Waals surface area contributed by atoms with Crippen molar-refractivity contribution in [1.29, 1.82) is 0 Å². The van der Waals surface area contributed by atoms with Gasteiger partial charge in [0.05, 0.1) is 10.6 Å². The number of nitrogens with zero attached hydrogens (tertiary/aromatic N) is 2. The SMILES string of the molecule is CS(=O)(=O)c1cccnc1C1CCN(C(=O)C2CCCO2)CC1. The van der Waals surface area contributed by atoms with Crippen molar-refractivity contribution < 1.29 is 17.9 Å². The van der Waals surface area contributed by atoms with Gasteiger partial charge in [-0.15, -0.1) is 0 Å². The Morgan fingerprint density at radius 1 is 1.30 bits per heavy atom. The fourth-order valence-electron chi connectivity index (χ4n) is 3.37. The molecule has 0 saturated carbocycles. The second-order valence-corrected chi connectivity index (χ2v) is 8.24. The molecule has 0 aliphatic carbocycles. The van der Waals surface area contributed by atoms with Crippen molar-refractivity contribution >= 4 is 15.7 Å². The van der Waals surface area contributed by atoms with Crippen LogP contribution in [-0.2, 0) is 19.4 Å². The molecule has 7 heteroatoms. The van der Waals surface area contributed by atoms with Gasteiger partial charge in [0.25, 0.3) is 5.91 Å². The van der Waals surface area contributed by atoms with E-state index in [2.05, 4.69) is 4.98 Å². The van der Waals surface area contributed by atoms with E-state index in [1.165, 1.54) is 6.26 Å². The maximum Gasteiger partial charge on any atom is 0.251 e. The zero-order valence-electron chi connectivity index (χ0n) is 13.3. The van der Waals surface area contributed by atoms with Gasteiger partial charge in [0.1, 0.15) is 6.10 Å². The second-order valence-electron chi connectivity index (χ2n) is 6.26. The molecule has 1 amide bonds. The summed E-state index contributed by atoms with van der Waals surface area (Å²) in [5.74, 6) is 0.153. The van der Waals surface area contributed by atoms with E-state index in [0.717, 1.165) is 25.7 Å². The summed E-state index contributed by atoms with van der Waals surface area (Å²) in [6, 6.07) is 3.26. The van der Waals surface area contributed by atoms with Gasteiger partial charge in [0, 0.05) is 38.1 Å².